The van der Waals surface area contributed by atoms with Crippen LogP contribution in [-0.4, -0.2) is 31.0 Å². The second-order valence-corrected chi connectivity index (χ2v) is 7.34. The highest BCUT2D eigenvalue weighted by molar-refractivity contribution is 5.60. The molecule has 2 heterocycles. The summed E-state index contributed by atoms with van der Waals surface area (Å²) in [4.78, 5) is 19.4. The van der Waals surface area contributed by atoms with E-state index in [-0.39, 0.29) is 11.6 Å². The fourth-order valence-electron chi connectivity index (χ4n) is 3.74. The van der Waals surface area contributed by atoms with Crippen LogP contribution in [0, 0.1) is 18.3 Å². The van der Waals surface area contributed by atoms with Crippen molar-refractivity contribution >= 4 is 0 Å². The number of nitrogens with one attached hydrogen (secondary N) is 1. The number of aryl methyl sites for hydroxylation is 2. The molecule has 0 bridgehead atoms. The van der Waals surface area contributed by atoms with Crippen molar-refractivity contribution in [3.63, 3.8) is 0 Å². The van der Waals surface area contributed by atoms with Gasteiger partial charge in [-0.25, -0.2) is 9.67 Å². The van der Waals surface area contributed by atoms with Crippen LogP contribution in [0.1, 0.15) is 75.0 Å². The van der Waals surface area contributed by atoms with Gasteiger partial charge in [0.2, 0.25) is 0 Å². The number of rotatable bonds is 6. The van der Waals surface area contributed by atoms with Crippen molar-refractivity contribution in [2.75, 3.05) is 0 Å². The molecule has 1 fully saturated rings. The van der Waals surface area contributed by atoms with E-state index in [1.807, 2.05) is 10.8 Å². The molecule has 27 heavy (non-hydrogen) atoms. The van der Waals surface area contributed by atoms with E-state index in [0.29, 0.717) is 17.1 Å². The molecule has 0 radical (unpaired) electrons. The summed E-state index contributed by atoms with van der Waals surface area (Å²) >= 11 is 0. The van der Waals surface area contributed by atoms with Gasteiger partial charge in [-0.15, -0.1) is 0 Å². The molecule has 3 rings (SSSR count). The Labute approximate surface area is 159 Å². The van der Waals surface area contributed by atoms with Gasteiger partial charge in [0.05, 0.1) is 12.1 Å². The Hall–Kier alpha value is -2.46. The molecular weight excluding hydrogens is 342 g/mol. The van der Waals surface area contributed by atoms with Crippen LogP contribution in [0.25, 0.3) is 11.4 Å². The van der Waals surface area contributed by atoms with Crippen molar-refractivity contribution in [1.29, 1.82) is 5.26 Å². The predicted molar refractivity (Wildman–Crippen MR) is 102 cm³/mol. The summed E-state index contributed by atoms with van der Waals surface area (Å²) < 4.78 is 1.83. The van der Waals surface area contributed by atoms with Gasteiger partial charge in [0.15, 0.2) is 11.6 Å². The van der Waals surface area contributed by atoms with Crippen molar-refractivity contribution in [2.45, 2.75) is 77.4 Å². The number of aromatic nitrogens is 4. The van der Waals surface area contributed by atoms with Gasteiger partial charge in [0, 0.05) is 17.7 Å². The Kier molecular flexibility index (Phi) is 6.07. The highest BCUT2D eigenvalue weighted by atomic mass is 16.3. The summed E-state index contributed by atoms with van der Waals surface area (Å²) in [5.74, 6) is 1.37. The summed E-state index contributed by atoms with van der Waals surface area (Å²) in [6, 6.07) is 3.39. The van der Waals surface area contributed by atoms with Gasteiger partial charge in [-0.2, -0.15) is 10.4 Å². The fourth-order valence-corrected chi connectivity index (χ4v) is 3.74. The van der Waals surface area contributed by atoms with Crippen molar-refractivity contribution in [3.8, 4) is 17.5 Å². The maximum atomic E-state index is 11.9. The Bertz CT molecular complexity index is 893. The lowest BCUT2D eigenvalue weighted by molar-refractivity contribution is 0.0700. The van der Waals surface area contributed by atoms with Crippen LogP contribution < -0.4 is 5.56 Å². The van der Waals surface area contributed by atoms with Crippen molar-refractivity contribution in [2.24, 2.45) is 0 Å². The van der Waals surface area contributed by atoms with Gasteiger partial charge in [-0.3, -0.25) is 4.79 Å². The van der Waals surface area contributed by atoms with Crippen molar-refractivity contribution in [1.82, 2.24) is 19.7 Å². The molecule has 2 aromatic heterocycles. The number of aliphatic hydroxyl groups is 1. The molecule has 1 aliphatic carbocycles. The van der Waals surface area contributed by atoms with Crippen LogP contribution in [0.3, 0.4) is 0 Å². The maximum absolute atomic E-state index is 11.9. The lowest BCUT2D eigenvalue weighted by Crippen LogP contribution is -2.29. The summed E-state index contributed by atoms with van der Waals surface area (Å²) in [6.45, 7) is 3.95. The summed E-state index contributed by atoms with van der Waals surface area (Å²) in [7, 11) is 0. The van der Waals surface area contributed by atoms with E-state index in [0.717, 1.165) is 57.2 Å². The zero-order chi connectivity index (χ0) is 19.4. The topological polar surface area (TPSA) is 108 Å². The van der Waals surface area contributed by atoms with Crippen LogP contribution in [0.2, 0.25) is 0 Å². The Balaban J connectivity index is 2.07. The third-order valence-electron chi connectivity index (χ3n) is 5.29. The molecule has 0 unspecified atom stereocenters. The second kappa shape index (κ2) is 8.49. The number of hydrogen-bond acceptors (Lipinski definition) is 5. The van der Waals surface area contributed by atoms with E-state index in [4.69, 9.17) is 10.1 Å². The van der Waals surface area contributed by atoms with E-state index in [1.165, 1.54) is 0 Å². The van der Waals surface area contributed by atoms with E-state index >= 15 is 0 Å². The molecule has 0 aliphatic heterocycles. The molecule has 2 atom stereocenters. The minimum absolute atomic E-state index is 0.0573. The van der Waals surface area contributed by atoms with Gasteiger partial charge >= 0.3 is 0 Å². The molecular formula is C20H27N5O2. The van der Waals surface area contributed by atoms with Gasteiger partial charge in [-0.05, 0) is 32.3 Å². The SMILES string of the molecule is CCCCCc1nc(-c2cc(C#N)c(=O)[nH]c2C)n([C@@H]2CCCC[C@H]2O)n1. The van der Waals surface area contributed by atoms with E-state index < -0.39 is 11.7 Å². The average Bonchev–Trinajstić information content (AvgIpc) is 3.06. The van der Waals surface area contributed by atoms with Gasteiger partial charge in [-0.1, -0.05) is 32.6 Å². The number of aliphatic hydroxyl groups excluding tert-OH is 1. The largest absolute Gasteiger partial charge is 0.391 e. The number of aromatic amines is 1. The summed E-state index contributed by atoms with van der Waals surface area (Å²) in [5, 5.41) is 24.5. The number of H-pyrrole nitrogens is 1. The third-order valence-corrected chi connectivity index (χ3v) is 5.29. The molecule has 0 aromatic carbocycles. The first-order chi connectivity index (χ1) is 13.0. The quantitative estimate of drug-likeness (QED) is 0.761. The molecule has 0 spiro atoms. The lowest BCUT2D eigenvalue weighted by atomic mass is 9.92. The molecule has 2 N–H and O–H groups in total. The molecule has 7 heteroatoms. The standard InChI is InChI=1S/C20H27N5O2/c1-3-4-5-10-18-23-19(15-11-14(12-21)20(27)22-13(15)2)25(24-18)16-8-6-7-9-17(16)26/h11,16-17,26H,3-10H2,1-2H3,(H,22,27)/t16-,17-/m1/s1. The van der Waals surface area contributed by atoms with Crippen LogP contribution in [0.5, 0.6) is 0 Å². The highest BCUT2D eigenvalue weighted by Gasteiger charge is 2.29. The van der Waals surface area contributed by atoms with E-state index in [1.54, 1.807) is 13.0 Å². The number of nitriles is 1. The van der Waals surface area contributed by atoms with Gasteiger partial charge in [0.1, 0.15) is 11.6 Å². The fraction of sp³-hybridized carbons (Fsp3) is 0.600. The van der Waals surface area contributed by atoms with Crippen LogP contribution in [0.15, 0.2) is 10.9 Å². The first-order valence-electron chi connectivity index (χ1n) is 9.83. The second-order valence-electron chi connectivity index (χ2n) is 7.34. The average molecular weight is 369 g/mol. The lowest BCUT2D eigenvalue weighted by Gasteiger charge is -2.28. The monoisotopic (exact) mass is 369 g/mol. The number of nitrogens with zero attached hydrogens (tertiary/aromatic N) is 4. The van der Waals surface area contributed by atoms with Crippen LogP contribution >= 0.6 is 0 Å². The maximum Gasteiger partial charge on any atom is 0.266 e. The summed E-state index contributed by atoms with van der Waals surface area (Å²) in [5.41, 5.74) is 1.00. The first-order valence-corrected chi connectivity index (χ1v) is 9.83. The van der Waals surface area contributed by atoms with Crippen molar-refractivity contribution < 1.29 is 5.11 Å². The first kappa shape index (κ1) is 19.3. The highest BCUT2D eigenvalue weighted by Crippen LogP contribution is 2.32. The molecule has 144 valence electrons. The number of pyridine rings is 1. The Morgan fingerprint density at radius 1 is 1.37 bits per heavy atom. The normalized spacial score (nSPS) is 19.8. The number of unbranched alkanes of at least 4 members (excludes halogenated alkanes) is 2. The van der Waals surface area contributed by atoms with E-state index in [2.05, 4.69) is 11.9 Å². The zero-order valence-corrected chi connectivity index (χ0v) is 16.0. The van der Waals surface area contributed by atoms with Crippen LogP contribution in [-0.2, 0) is 6.42 Å². The van der Waals surface area contributed by atoms with E-state index in [9.17, 15) is 15.2 Å². The molecule has 1 aliphatic rings. The molecule has 2 aromatic rings. The van der Waals surface area contributed by atoms with Crippen LogP contribution in [0.4, 0.5) is 0 Å². The van der Waals surface area contributed by atoms with Gasteiger partial charge < -0.3 is 10.1 Å². The molecule has 7 nitrogen and oxygen atoms in total. The Morgan fingerprint density at radius 2 is 2.15 bits per heavy atom. The molecule has 0 amide bonds. The minimum Gasteiger partial charge on any atom is -0.391 e. The predicted octanol–water partition coefficient (Wildman–Crippen LogP) is 3.02. The third kappa shape index (κ3) is 4.11. The molecule has 0 saturated heterocycles. The smallest absolute Gasteiger partial charge is 0.266 e. The minimum atomic E-state index is -0.457. The summed E-state index contributed by atoms with van der Waals surface area (Å²) in [6.07, 6.45) is 7.24. The van der Waals surface area contributed by atoms with Gasteiger partial charge in [0.25, 0.3) is 5.56 Å². The van der Waals surface area contributed by atoms with Crippen molar-refractivity contribution in [3.05, 3.63) is 33.5 Å². The molecule has 1 saturated carbocycles. The zero-order valence-electron chi connectivity index (χ0n) is 16.0. The number of hydrogen-bond donors (Lipinski definition) is 2. The Morgan fingerprint density at radius 3 is 2.85 bits per heavy atom.